The van der Waals surface area contributed by atoms with Crippen molar-refractivity contribution in [1.29, 1.82) is 0 Å². The Morgan fingerprint density at radius 2 is 2.14 bits per heavy atom. The molecule has 124 valence electrons. The zero-order valence-electron chi connectivity index (χ0n) is 13.4. The lowest BCUT2D eigenvalue weighted by atomic mass is 10.1. The Balaban J connectivity index is 0.00000242. The highest BCUT2D eigenvalue weighted by atomic mass is 35.5. The summed E-state index contributed by atoms with van der Waals surface area (Å²) in [5, 5.41) is 3.90. The first kappa shape index (κ1) is 19.1. The van der Waals surface area contributed by atoms with E-state index in [2.05, 4.69) is 19.2 Å². The number of hydrogen-bond donors (Lipinski definition) is 1. The van der Waals surface area contributed by atoms with Crippen molar-refractivity contribution in [3.8, 4) is 5.75 Å². The molecular weight excluding hydrogens is 323 g/mol. The van der Waals surface area contributed by atoms with E-state index in [0.29, 0.717) is 17.3 Å². The van der Waals surface area contributed by atoms with Crippen LogP contribution in [0, 0.1) is 6.92 Å². The first-order valence-electron chi connectivity index (χ1n) is 7.37. The van der Waals surface area contributed by atoms with E-state index in [1.165, 1.54) is 0 Å². The van der Waals surface area contributed by atoms with Crippen molar-refractivity contribution in [3.05, 3.63) is 28.8 Å². The van der Waals surface area contributed by atoms with Gasteiger partial charge in [-0.15, -0.1) is 12.4 Å². The van der Waals surface area contributed by atoms with Gasteiger partial charge in [0.25, 0.3) is 5.91 Å². The van der Waals surface area contributed by atoms with Crippen LogP contribution in [0.4, 0.5) is 0 Å². The van der Waals surface area contributed by atoms with E-state index in [0.717, 1.165) is 12.1 Å². The summed E-state index contributed by atoms with van der Waals surface area (Å²) in [4.78, 5) is 14.5. The quantitative estimate of drug-likeness (QED) is 0.914. The molecule has 1 heterocycles. The monoisotopic (exact) mass is 346 g/mol. The van der Waals surface area contributed by atoms with Crippen molar-refractivity contribution in [2.75, 3.05) is 13.1 Å². The molecule has 1 aliphatic heterocycles. The summed E-state index contributed by atoms with van der Waals surface area (Å²) in [5.74, 6) is 0.571. The molecule has 0 spiro atoms. The Hall–Kier alpha value is -0.970. The molecule has 1 aromatic carbocycles. The molecule has 1 aromatic rings. The maximum absolute atomic E-state index is 12.6. The summed E-state index contributed by atoms with van der Waals surface area (Å²) in [6, 6.07) is 6.01. The summed E-state index contributed by atoms with van der Waals surface area (Å²) in [7, 11) is 0. The van der Waals surface area contributed by atoms with Crippen LogP contribution in [0.1, 0.15) is 26.3 Å². The van der Waals surface area contributed by atoms with Crippen LogP contribution in [0.5, 0.6) is 5.75 Å². The number of nitrogens with one attached hydrogen (secondary N) is 1. The highest BCUT2D eigenvalue weighted by Crippen LogP contribution is 2.26. The number of nitrogens with zero attached hydrogens (tertiary/aromatic N) is 1. The van der Waals surface area contributed by atoms with Crippen molar-refractivity contribution in [3.63, 3.8) is 0 Å². The third-order valence-electron chi connectivity index (χ3n) is 4.06. The van der Waals surface area contributed by atoms with Gasteiger partial charge in [-0.05, 0) is 45.4 Å². The topological polar surface area (TPSA) is 41.6 Å². The standard InChI is InChI=1S/C16H23ClN2O2.ClH/c1-10-5-6-14(17)15(9-10)21-13(4)16(20)19-8-7-18-11(2)12(19)3;/h5-6,9,11-13,18H,7-8H2,1-4H3;1H. The van der Waals surface area contributed by atoms with Crippen molar-refractivity contribution in [1.82, 2.24) is 10.2 Å². The molecule has 0 saturated carbocycles. The van der Waals surface area contributed by atoms with Gasteiger partial charge in [-0.1, -0.05) is 17.7 Å². The highest BCUT2D eigenvalue weighted by Gasteiger charge is 2.31. The molecule has 1 saturated heterocycles. The number of hydrogen-bond acceptors (Lipinski definition) is 3. The first-order chi connectivity index (χ1) is 9.90. The van der Waals surface area contributed by atoms with Crippen LogP contribution in [-0.4, -0.2) is 42.1 Å². The zero-order valence-corrected chi connectivity index (χ0v) is 15.0. The Labute approximate surface area is 143 Å². The number of aryl methyl sites for hydroxylation is 1. The van der Waals surface area contributed by atoms with Gasteiger partial charge >= 0.3 is 0 Å². The second kappa shape index (κ2) is 8.04. The number of halogens is 2. The lowest BCUT2D eigenvalue weighted by Crippen LogP contribution is -2.59. The molecule has 1 N–H and O–H groups in total. The molecule has 0 aliphatic carbocycles. The molecule has 2 rings (SSSR count). The summed E-state index contributed by atoms with van der Waals surface area (Å²) in [6.07, 6.45) is -0.544. The smallest absolute Gasteiger partial charge is 0.263 e. The minimum absolute atomic E-state index is 0. The van der Waals surface area contributed by atoms with Gasteiger partial charge in [0.1, 0.15) is 5.75 Å². The van der Waals surface area contributed by atoms with Crippen LogP contribution in [-0.2, 0) is 4.79 Å². The Morgan fingerprint density at radius 3 is 2.82 bits per heavy atom. The second-order valence-electron chi connectivity index (χ2n) is 5.71. The first-order valence-corrected chi connectivity index (χ1v) is 7.74. The number of piperazine rings is 1. The predicted molar refractivity (Wildman–Crippen MR) is 92.2 cm³/mol. The van der Waals surface area contributed by atoms with Crippen molar-refractivity contribution in [2.24, 2.45) is 0 Å². The molecule has 0 radical (unpaired) electrons. The van der Waals surface area contributed by atoms with Crippen LogP contribution in [0.2, 0.25) is 5.02 Å². The van der Waals surface area contributed by atoms with Crippen LogP contribution in [0.3, 0.4) is 0 Å². The minimum Gasteiger partial charge on any atom is -0.479 e. The summed E-state index contributed by atoms with van der Waals surface area (Å²) < 4.78 is 5.78. The summed E-state index contributed by atoms with van der Waals surface area (Å²) in [6.45, 7) is 9.42. The minimum atomic E-state index is -0.544. The van der Waals surface area contributed by atoms with E-state index in [1.807, 2.05) is 24.0 Å². The molecular formula is C16H24Cl2N2O2. The van der Waals surface area contributed by atoms with E-state index in [9.17, 15) is 4.79 Å². The van der Waals surface area contributed by atoms with Gasteiger partial charge in [-0.25, -0.2) is 0 Å². The molecule has 22 heavy (non-hydrogen) atoms. The van der Waals surface area contributed by atoms with Gasteiger partial charge in [0, 0.05) is 25.2 Å². The van der Waals surface area contributed by atoms with E-state index >= 15 is 0 Å². The van der Waals surface area contributed by atoms with Crippen LogP contribution in [0.15, 0.2) is 18.2 Å². The SMILES string of the molecule is Cc1ccc(Cl)c(OC(C)C(=O)N2CCNC(C)C2C)c1.Cl. The average molecular weight is 347 g/mol. The van der Waals surface area contributed by atoms with Gasteiger partial charge in [0.15, 0.2) is 6.10 Å². The molecule has 1 amide bonds. The van der Waals surface area contributed by atoms with Crippen molar-refractivity contribution < 1.29 is 9.53 Å². The van der Waals surface area contributed by atoms with E-state index in [-0.39, 0.29) is 30.4 Å². The van der Waals surface area contributed by atoms with E-state index in [4.69, 9.17) is 16.3 Å². The molecule has 0 aromatic heterocycles. The Kier molecular flexibility index (Phi) is 6.98. The number of ether oxygens (including phenoxy) is 1. The Morgan fingerprint density at radius 1 is 1.45 bits per heavy atom. The fraction of sp³-hybridized carbons (Fsp3) is 0.562. The van der Waals surface area contributed by atoms with Gasteiger partial charge < -0.3 is 15.0 Å². The van der Waals surface area contributed by atoms with Gasteiger partial charge in [0.2, 0.25) is 0 Å². The van der Waals surface area contributed by atoms with Crippen LogP contribution >= 0.6 is 24.0 Å². The van der Waals surface area contributed by atoms with Crippen LogP contribution in [0.25, 0.3) is 0 Å². The largest absolute Gasteiger partial charge is 0.479 e. The molecule has 3 atom stereocenters. The molecule has 0 bridgehead atoms. The normalized spacial score (nSPS) is 22.7. The highest BCUT2D eigenvalue weighted by molar-refractivity contribution is 6.32. The van der Waals surface area contributed by atoms with Gasteiger partial charge in [0.05, 0.1) is 5.02 Å². The number of rotatable bonds is 3. The fourth-order valence-electron chi connectivity index (χ4n) is 2.54. The fourth-order valence-corrected chi connectivity index (χ4v) is 2.71. The van der Waals surface area contributed by atoms with E-state index < -0.39 is 6.10 Å². The second-order valence-corrected chi connectivity index (χ2v) is 6.12. The molecule has 4 nitrogen and oxygen atoms in total. The molecule has 6 heteroatoms. The summed E-state index contributed by atoms with van der Waals surface area (Å²) >= 11 is 6.12. The lowest BCUT2D eigenvalue weighted by molar-refractivity contribution is -0.141. The molecule has 1 fully saturated rings. The van der Waals surface area contributed by atoms with Crippen LogP contribution < -0.4 is 10.1 Å². The predicted octanol–water partition coefficient (Wildman–Crippen LogP) is 3.05. The third-order valence-corrected chi connectivity index (χ3v) is 4.37. The zero-order chi connectivity index (χ0) is 15.6. The number of carbonyl (C=O) groups is 1. The maximum Gasteiger partial charge on any atom is 0.263 e. The molecule has 1 aliphatic rings. The Bertz CT molecular complexity index is 525. The molecule has 3 unspecified atom stereocenters. The maximum atomic E-state index is 12.6. The summed E-state index contributed by atoms with van der Waals surface area (Å²) in [5.41, 5.74) is 1.05. The van der Waals surface area contributed by atoms with Crippen molar-refractivity contribution in [2.45, 2.75) is 45.9 Å². The lowest BCUT2D eigenvalue weighted by Gasteiger charge is -2.39. The number of amides is 1. The van der Waals surface area contributed by atoms with Gasteiger partial charge in [-0.2, -0.15) is 0 Å². The van der Waals surface area contributed by atoms with Gasteiger partial charge in [-0.3, -0.25) is 4.79 Å². The third kappa shape index (κ3) is 4.28. The number of carbonyl (C=O) groups excluding carboxylic acids is 1. The van der Waals surface area contributed by atoms with Crippen molar-refractivity contribution >= 4 is 29.9 Å². The number of benzene rings is 1. The van der Waals surface area contributed by atoms with E-state index in [1.54, 1.807) is 13.0 Å². The average Bonchev–Trinajstić information content (AvgIpc) is 2.45.